The Hall–Kier alpha value is -2.34. The summed E-state index contributed by atoms with van der Waals surface area (Å²) in [4.78, 5) is 28.7. The molecule has 0 unspecified atom stereocenters. The highest BCUT2D eigenvalue weighted by molar-refractivity contribution is 6.08. The van der Waals surface area contributed by atoms with Crippen LogP contribution in [0.5, 0.6) is 5.75 Å². The predicted octanol–water partition coefficient (Wildman–Crippen LogP) is 4.06. The molecule has 2 heterocycles. The van der Waals surface area contributed by atoms with E-state index in [0.29, 0.717) is 50.6 Å². The number of phenolic OH excluding ortho intramolecular Hbond substituents is 1. The van der Waals surface area contributed by atoms with Crippen LogP contribution in [-0.4, -0.2) is 59.7 Å². The quantitative estimate of drug-likeness (QED) is 0.704. The van der Waals surface area contributed by atoms with Crippen molar-refractivity contribution < 1.29 is 19.4 Å². The Balaban J connectivity index is 1.93. The normalized spacial score (nSPS) is 19.7. The molecule has 0 saturated carbocycles. The number of urea groups is 1. The second kappa shape index (κ2) is 8.06. The van der Waals surface area contributed by atoms with E-state index >= 15 is 0 Å². The standard InChI is InChI=1S/C24H34N2O4/c1-23(2,3)18-14-16(15-19(20(18)27)24(4,5)6)13-17-7-8-26(21(17)28)22(29)25-9-11-30-12-10-25/h13-15,27H,7-12H2,1-6H3. The molecular weight excluding hydrogens is 380 g/mol. The minimum Gasteiger partial charge on any atom is -0.507 e. The summed E-state index contributed by atoms with van der Waals surface area (Å²) in [6, 6.07) is 3.68. The molecule has 0 aromatic heterocycles. The summed E-state index contributed by atoms with van der Waals surface area (Å²) in [7, 11) is 0. The van der Waals surface area contributed by atoms with E-state index in [0.717, 1.165) is 16.7 Å². The van der Waals surface area contributed by atoms with Crippen molar-refractivity contribution in [2.75, 3.05) is 32.8 Å². The van der Waals surface area contributed by atoms with Crippen molar-refractivity contribution >= 4 is 18.0 Å². The first kappa shape index (κ1) is 22.3. The summed E-state index contributed by atoms with van der Waals surface area (Å²) in [5.41, 5.74) is 2.74. The summed E-state index contributed by atoms with van der Waals surface area (Å²) in [6.45, 7) is 14.8. The van der Waals surface area contributed by atoms with Crippen LogP contribution in [0.15, 0.2) is 17.7 Å². The molecule has 2 saturated heterocycles. The number of hydrogen-bond donors (Lipinski definition) is 1. The molecule has 30 heavy (non-hydrogen) atoms. The van der Waals surface area contributed by atoms with Crippen LogP contribution in [0.3, 0.4) is 0 Å². The van der Waals surface area contributed by atoms with Gasteiger partial charge in [-0.3, -0.25) is 9.69 Å². The van der Waals surface area contributed by atoms with Gasteiger partial charge in [0, 0.05) is 36.3 Å². The molecule has 6 nitrogen and oxygen atoms in total. The molecule has 1 aromatic rings. The summed E-state index contributed by atoms with van der Waals surface area (Å²) >= 11 is 0. The Bertz CT molecular complexity index is 833. The molecule has 3 rings (SSSR count). The predicted molar refractivity (Wildman–Crippen MR) is 118 cm³/mol. The van der Waals surface area contributed by atoms with Crippen molar-refractivity contribution in [1.82, 2.24) is 9.80 Å². The van der Waals surface area contributed by atoms with Crippen molar-refractivity contribution in [1.29, 1.82) is 0 Å². The molecule has 2 aliphatic heterocycles. The Labute approximate surface area is 179 Å². The number of hydrogen-bond acceptors (Lipinski definition) is 4. The van der Waals surface area contributed by atoms with Crippen LogP contribution in [0.1, 0.15) is 64.7 Å². The van der Waals surface area contributed by atoms with Gasteiger partial charge in [0.1, 0.15) is 5.75 Å². The van der Waals surface area contributed by atoms with Gasteiger partial charge in [0.05, 0.1) is 13.2 Å². The topological polar surface area (TPSA) is 70.1 Å². The highest BCUT2D eigenvalue weighted by Crippen LogP contribution is 2.40. The number of carbonyl (C=O) groups excluding carboxylic acids is 2. The second-order valence-corrected chi connectivity index (χ2v) is 10.2. The number of amides is 3. The third kappa shape index (κ3) is 4.53. The lowest BCUT2D eigenvalue weighted by Crippen LogP contribution is -2.48. The fourth-order valence-electron chi connectivity index (χ4n) is 3.94. The van der Waals surface area contributed by atoms with Gasteiger partial charge >= 0.3 is 6.03 Å². The zero-order valence-electron chi connectivity index (χ0n) is 19.0. The van der Waals surface area contributed by atoms with Crippen LogP contribution < -0.4 is 0 Å². The highest BCUT2D eigenvalue weighted by Gasteiger charge is 2.34. The molecule has 2 aliphatic rings. The Morgan fingerprint density at radius 2 is 1.53 bits per heavy atom. The first-order chi connectivity index (χ1) is 13.9. The van der Waals surface area contributed by atoms with Crippen molar-refractivity contribution in [2.24, 2.45) is 0 Å². The van der Waals surface area contributed by atoms with Gasteiger partial charge < -0.3 is 14.7 Å². The number of rotatable bonds is 1. The first-order valence-electron chi connectivity index (χ1n) is 10.7. The van der Waals surface area contributed by atoms with Crippen LogP contribution in [0, 0.1) is 0 Å². The summed E-state index contributed by atoms with van der Waals surface area (Å²) in [6.07, 6.45) is 2.41. The average molecular weight is 415 g/mol. The largest absolute Gasteiger partial charge is 0.507 e. The second-order valence-electron chi connectivity index (χ2n) is 10.2. The van der Waals surface area contributed by atoms with E-state index in [1.165, 1.54) is 4.90 Å². The molecule has 0 aliphatic carbocycles. The number of carbonyl (C=O) groups is 2. The van der Waals surface area contributed by atoms with Gasteiger partial charge in [-0.15, -0.1) is 0 Å². The lowest BCUT2D eigenvalue weighted by atomic mass is 9.78. The maximum absolute atomic E-state index is 13.0. The number of benzene rings is 1. The van der Waals surface area contributed by atoms with Crippen LogP contribution in [0.4, 0.5) is 4.79 Å². The first-order valence-corrected chi connectivity index (χ1v) is 10.7. The number of ether oxygens (including phenoxy) is 1. The van der Waals surface area contributed by atoms with Gasteiger partial charge in [-0.05, 0) is 41.0 Å². The zero-order valence-corrected chi connectivity index (χ0v) is 19.0. The maximum atomic E-state index is 13.0. The minimum atomic E-state index is -0.239. The summed E-state index contributed by atoms with van der Waals surface area (Å²) < 4.78 is 5.30. The number of imide groups is 1. The molecule has 0 bridgehead atoms. The molecule has 2 fully saturated rings. The fraction of sp³-hybridized carbons (Fsp3) is 0.583. The third-order valence-electron chi connectivity index (χ3n) is 5.73. The zero-order chi connectivity index (χ0) is 22.3. The molecule has 0 spiro atoms. The van der Waals surface area contributed by atoms with Crippen molar-refractivity contribution in [3.63, 3.8) is 0 Å². The molecule has 1 aromatic carbocycles. The van der Waals surface area contributed by atoms with Crippen molar-refractivity contribution in [3.05, 3.63) is 34.4 Å². The number of aromatic hydroxyl groups is 1. The lowest BCUT2D eigenvalue weighted by molar-refractivity contribution is -0.122. The van der Waals surface area contributed by atoms with E-state index in [4.69, 9.17) is 4.74 Å². The Morgan fingerprint density at radius 3 is 2.03 bits per heavy atom. The number of phenols is 1. The molecule has 164 valence electrons. The van der Waals surface area contributed by atoms with Gasteiger partial charge in [-0.25, -0.2) is 4.79 Å². The molecule has 6 heteroatoms. The van der Waals surface area contributed by atoms with E-state index in [-0.39, 0.29) is 22.8 Å². The lowest BCUT2D eigenvalue weighted by Gasteiger charge is -2.29. The van der Waals surface area contributed by atoms with E-state index < -0.39 is 0 Å². The Kier molecular flexibility index (Phi) is 6.01. The summed E-state index contributed by atoms with van der Waals surface area (Å²) in [5.74, 6) is 0.0909. The average Bonchev–Trinajstić information content (AvgIpc) is 3.01. The van der Waals surface area contributed by atoms with Crippen molar-refractivity contribution in [3.8, 4) is 5.75 Å². The van der Waals surface area contributed by atoms with Crippen LogP contribution in [0.2, 0.25) is 0 Å². The monoisotopic (exact) mass is 414 g/mol. The van der Waals surface area contributed by atoms with E-state index in [1.54, 1.807) is 4.90 Å². The molecule has 0 radical (unpaired) electrons. The van der Waals surface area contributed by atoms with Crippen LogP contribution >= 0.6 is 0 Å². The Morgan fingerprint density at radius 1 is 1.00 bits per heavy atom. The highest BCUT2D eigenvalue weighted by atomic mass is 16.5. The SMILES string of the molecule is CC(C)(C)c1cc(C=C2CCN(C(=O)N3CCOCC3)C2=O)cc(C(C)(C)C)c1O. The maximum Gasteiger partial charge on any atom is 0.327 e. The number of nitrogens with zero attached hydrogens (tertiary/aromatic N) is 2. The van der Waals surface area contributed by atoms with Gasteiger partial charge in [0.2, 0.25) is 0 Å². The van der Waals surface area contributed by atoms with E-state index in [2.05, 4.69) is 41.5 Å². The minimum absolute atomic E-state index is 0.228. The van der Waals surface area contributed by atoms with Crippen LogP contribution in [0.25, 0.3) is 6.08 Å². The number of morpholine rings is 1. The van der Waals surface area contributed by atoms with Crippen LogP contribution in [-0.2, 0) is 20.4 Å². The van der Waals surface area contributed by atoms with Gasteiger partial charge in [-0.1, -0.05) is 41.5 Å². The molecule has 3 amide bonds. The number of likely N-dealkylation sites (tertiary alicyclic amines) is 1. The van der Waals surface area contributed by atoms with Gasteiger partial charge in [-0.2, -0.15) is 0 Å². The van der Waals surface area contributed by atoms with E-state index in [9.17, 15) is 14.7 Å². The third-order valence-corrected chi connectivity index (χ3v) is 5.73. The fourth-order valence-corrected chi connectivity index (χ4v) is 3.94. The molecular formula is C24H34N2O4. The molecule has 0 atom stereocenters. The summed E-state index contributed by atoms with van der Waals surface area (Å²) in [5, 5.41) is 10.9. The van der Waals surface area contributed by atoms with Gasteiger partial charge in [0.15, 0.2) is 0 Å². The smallest absolute Gasteiger partial charge is 0.327 e. The van der Waals surface area contributed by atoms with Crippen molar-refractivity contribution in [2.45, 2.75) is 58.8 Å². The van der Waals surface area contributed by atoms with E-state index in [1.807, 2.05) is 18.2 Å². The molecule has 1 N–H and O–H groups in total. The van der Waals surface area contributed by atoms with Gasteiger partial charge in [0.25, 0.3) is 5.91 Å².